The lowest BCUT2D eigenvalue weighted by Gasteiger charge is -2.11. The second-order valence-corrected chi connectivity index (χ2v) is 10.3. The summed E-state index contributed by atoms with van der Waals surface area (Å²) in [6.07, 6.45) is 32.1. The Bertz CT molecular complexity index is 500. The number of unbranched alkanes of at least 4 members (excludes halogenated alkanes) is 18. The van der Waals surface area contributed by atoms with Gasteiger partial charge in [0.1, 0.15) is 0 Å². The lowest BCUT2D eigenvalue weighted by Crippen LogP contribution is -2.19. The van der Waals surface area contributed by atoms with E-state index in [4.69, 9.17) is 4.74 Å². The third-order valence-electron chi connectivity index (χ3n) is 6.79. The smallest absolute Gasteiger partial charge is 0.307 e. The summed E-state index contributed by atoms with van der Waals surface area (Å²) in [7, 11) is 0. The van der Waals surface area contributed by atoms with Gasteiger partial charge in [-0.05, 0) is 38.5 Å². The van der Waals surface area contributed by atoms with E-state index in [2.05, 4.69) is 19.1 Å². The van der Waals surface area contributed by atoms with Gasteiger partial charge < -0.3 is 9.84 Å². The van der Waals surface area contributed by atoms with Gasteiger partial charge in [0, 0.05) is 0 Å². The summed E-state index contributed by atoms with van der Waals surface area (Å²) in [5.74, 6) is -1.86. The van der Waals surface area contributed by atoms with Crippen LogP contribution in [0.4, 0.5) is 0 Å². The van der Waals surface area contributed by atoms with Crippen molar-refractivity contribution in [1.82, 2.24) is 0 Å². The van der Waals surface area contributed by atoms with Gasteiger partial charge in [-0.15, -0.1) is 0 Å². The number of hydrogen-bond donors (Lipinski definition) is 1. The van der Waals surface area contributed by atoms with Gasteiger partial charge in [0.25, 0.3) is 0 Å². The fraction of sp³-hybridized carbons (Fsp3) is 0.871. The van der Waals surface area contributed by atoms with Crippen molar-refractivity contribution in [3.63, 3.8) is 0 Å². The summed E-state index contributed by atoms with van der Waals surface area (Å²) in [6.45, 7) is 4.58. The molecule has 0 spiro atoms. The average molecular weight is 495 g/mol. The summed E-state index contributed by atoms with van der Waals surface area (Å²) in [6, 6.07) is 0. The average Bonchev–Trinajstić information content (AvgIpc) is 2.84. The highest BCUT2D eigenvalue weighted by Crippen LogP contribution is 2.17. The standard InChI is InChI=1S/C31H58O4/c1-3-5-6-7-8-9-10-11-12-13-14-15-16-17-18-19-20-21-22-23-24-25-26-29(31(33)34)28-30(32)35-27-4-2/h13-14,29H,3-12,15-28H2,1-2H3,(H,33,34)/b14-13+. The van der Waals surface area contributed by atoms with Crippen molar-refractivity contribution < 1.29 is 19.4 Å². The van der Waals surface area contributed by atoms with Crippen LogP contribution in [0.15, 0.2) is 12.2 Å². The molecule has 206 valence electrons. The van der Waals surface area contributed by atoms with E-state index in [0.29, 0.717) is 13.0 Å². The topological polar surface area (TPSA) is 63.6 Å². The Morgan fingerprint density at radius 2 is 1.06 bits per heavy atom. The van der Waals surface area contributed by atoms with Crippen LogP contribution >= 0.6 is 0 Å². The number of carboxylic acids is 1. The number of esters is 1. The molecule has 0 bridgehead atoms. The fourth-order valence-corrected chi connectivity index (χ4v) is 4.49. The third kappa shape index (κ3) is 25.6. The van der Waals surface area contributed by atoms with Crippen molar-refractivity contribution >= 4 is 11.9 Å². The Balaban J connectivity index is 3.38. The van der Waals surface area contributed by atoms with Crippen LogP contribution in [0.2, 0.25) is 0 Å². The molecule has 1 unspecified atom stereocenters. The molecule has 0 rings (SSSR count). The van der Waals surface area contributed by atoms with Crippen molar-refractivity contribution in [1.29, 1.82) is 0 Å². The highest BCUT2D eigenvalue weighted by molar-refractivity contribution is 5.78. The lowest BCUT2D eigenvalue weighted by atomic mass is 9.97. The summed E-state index contributed by atoms with van der Waals surface area (Å²) >= 11 is 0. The lowest BCUT2D eigenvalue weighted by molar-refractivity contribution is -0.151. The Morgan fingerprint density at radius 3 is 1.49 bits per heavy atom. The molecule has 0 saturated heterocycles. The molecule has 0 aliphatic heterocycles. The monoisotopic (exact) mass is 494 g/mol. The Labute approximate surface area is 217 Å². The molecular weight excluding hydrogens is 436 g/mol. The second kappa shape index (κ2) is 27.3. The van der Waals surface area contributed by atoms with Gasteiger partial charge >= 0.3 is 11.9 Å². The number of carbonyl (C=O) groups excluding carboxylic acids is 1. The predicted octanol–water partition coefficient (Wildman–Crippen LogP) is 9.80. The quantitative estimate of drug-likeness (QED) is 0.0701. The second-order valence-electron chi connectivity index (χ2n) is 10.3. The molecule has 0 radical (unpaired) electrons. The summed E-state index contributed by atoms with van der Waals surface area (Å²) < 4.78 is 5.02. The van der Waals surface area contributed by atoms with Crippen LogP contribution in [0.3, 0.4) is 0 Å². The Morgan fingerprint density at radius 1 is 0.629 bits per heavy atom. The van der Waals surface area contributed by atoms with Crippen LogP contribution in [-0.4, -0.2) is 23.7 Å². The van der Waals surface area contributed by atoms with E-state index in [1.54, 1.807) is 0 Å². The predicted molar refractivity (Wildman–Crippen MR) is 149 cm³/mol. The molecule has 0 aliphatic rings. The van der Waals surface area contributed by atoms with Gasteiger partial charge in [-0.2, -0.15) is 0 Å². The highest BCUT2D eigenvalue weighted by Gasteiger charge is 2.21. The molecule has 1 atom stereocenters. The van der Waals surface area contributed by atoms with Crippen LogP contribution in [0.25, 0.3) is 0 Å². The maximum absolute atomic E-state index is 11.7. The molecule has 0 aromatic rings. The van der Waals surface area contributed by atoms with Gasteiger partial charge in [0.05, 0.1) is 18.9 Å². The molecule has 0 aliphatic carbocycles. The van der Waals surface area contributed by atoms with E-state index in [0.717, 1.165) is 25.7 Å². The molecular formula is C31H58O4. The van der Waals surface area contributed by atoms with Gasteiger partial charge in [0.2, 0.25) is 0 Å². The number of carboxylic acid groups (broad SMARTS) is 1. The number of allylic oxidation sites excluding steroid dienone is 2. The minimum absolute atomic E-state index is 0.00434. The van der Waals surface area contributed by atoms with Crippen LogP contribution in [0.1, 0.15) is 162 Å². The third-order valence-corrected chi connectivity index (χ3v) is 6.79. The first-order valence-electron chi connectivity index (χ1n) is 15.1. The first-order valence-corrected chi connectivity index (χ1v) is 15.1. The minimum atomic E-state index is -0.877. The van der Waals surface area contributed by atoms with Gasteiger partial charge in [-0.1, -0.05) is 129 Å². The van der Waals surface area contributed by atoms with E-state index in [1.807, 2.05) is 6.92 Å². The molecule has 0 heterocycles. The van der Waals surface area contributed by atoms with Crippen molar-refractivity contribution in [2.45, 2.75) is 162 Å². The Hall–Kier alpha value is -1.32. The van der Waals surface area contributed by atoms with E-state index < -0.39 is 11.9 Å². The normalized spacial score (nSPS) is 12.3. The molecule has 4 nitrogen and oxygen atoms in total. The molecule has 4 heteroatoms. The van der Waals surface area contributed by atoms with E-state index in [1.165, 1.54) is 109 Å². The molecule has 35 heavy (non-hydrogen) atoms. The SMILES string of the molecule is CCCCCCCCCC/C=C/CCCCCCCCCCCCC(CC(=O)OCCC)C(=O)O. The number of hydrogen-bond acceptors (Lipinski definition) is 3. The maximum atomic E-state index is 11.7. The van der Waals surface area contributed by atoms with Crippen LogP contribution in [0.5, 0.6) is 0 Å². The van der Waals surface area contributed by atoms with E-state index >= 15 is 0 Å². The van der Waals surface area contributed by atoms with E-state index in [-0.39, 0.29) is 12.4 Å². The largest absolute Gasteiger partial charge is 0.481 e. The number of rotatable bonds is 27. The maximum Gasteiger partial charge on any atom is 0.307 e. The first kappa shape index (κ1) is 33.7. The minimum Gasteiger partial charge on any atom is -0.481 e. The van der Waals surface area contributed by atoms with Crippen molar-refractivity contribution in [3.05, 3.63) is 12.2 Å². The molecule has 0 fully saturated rings. The van der Waals surface area contributed by atoms with Crippen LogP contribution in [-0.2, 0) is 14.3 Å². The first-order chi connectivity index (χ1) is 17.1. The van der Waals surface area contributed by atoms with Gasteiger partial charge in [-0.3, -0.25) is 9.59 Å². The summed E-state index contributed by atoms with van der Waals surface area (Å²) in [5.41, 5.74) is 0. The van der Waals surface area contributed by atoms with Crippen molar-refractivity contribution in [2.75, 3.05) is 6.61 Å². The van der Waals surface area contributed by atoms with Crippen LogP contribution in [0, 0.1) is 5.92 Å². The fourth-order valence-electron chi connectivity index (χ4n) is 4.49. The van der Waals surface area contributed by atoms with E-state index in [9.17, 15) is 14.7 Å². The molecule has 0 aromatic carbocycles. The number of ether oxygens (including phenoxy) is 1. The van der Waals surface area contributed by atoms with Gasteiger partial charge in [-0.25, -0.2) is 0 Å². The molecule has 0 saturated carbocycles. The van der Waals surface area contributed by atoms with Crippen molar-refractivity contribution in [2.24, 2.45) is 5.92 Å². The highest BCUT2D eigenvalue weighted by atomic mass is 16.5. The zero-order valence-corrected chi connectivity index (χ0v) is 23.4. The van der Waals surface area contributed by atoms with Crippen LogP contribution < -0.4 is 0 Å². The molecule has 1 N–H and O–H groups in total. The number of aliphatic carboxylic acids is 1. The molecule has 0 aromatic heterocycles. The zero-order chi connectivity index (χ0) is 25.8. The number of carbonyl (C=O) groups is 2. The Kier molecular flexibility index (Phi) is 26.2. The summed E-state index contributed by atoms with van der Waals surface area (Å²) in [5, 5.41) is 9.31. The molecule has 0 amide bonds. The van der Waals surface area contributed by atoms with Gasteiger partial charge in [0.15, 0.2) is 0 Å². The zero-order valence-electron chi connectivity index (χ0n) is 23.4. The summed E-state index contributed by atoms with van der Waals surface area (Å²) in [4.78, 5) is 23.0. The van der Waals surface area contributed by atoms with Crippen molar-refractivity contribution in [3.8, 4) is 0 Å².